The van der Waals surface area contributed by atoms with E-state index >= 15 is 0 Å². The summed E-state index contributed by atoms with van der Waals surface area (Å²) in [6.07, 6.45) is 1.54. The molecule has 2 atom stereocenters. The summed E-state index contributed by atoms with van der Waals surface area (Å²) in [5, 5.41) is 10.0. The van der Waals surface area contributed by atoms with Gasteiger partial charge in [-0.1, -0.05) is 24.6 Å². The second-order valence-electron chi connectivity index (χ2n) is 5.67. The van der Waals surface area contributed by atoms with Gasteiger partial charge in [0.1, 0.15) is 0 Å². The highest BCUT2D eigenvalue weighted by Crippen LogP contribution is 2.28. The highest BCUT2D eigenvalue weighted by molar-refractivity contribution is 6.31. The predicted molar refractivity (Wildman–Crippen MR) is 91.5 cm³/mol. The van der Waals surface area contributed by atoms with Crippen LogP contribution in [0.1, 0.15) is 25.3 Å². The molecule has 0 radical (unpaired) electrons. The van der Waals surface area contributed by atoms with Gasteiger partial charge in [-0.25, -0.2) is 0 Å². The van der Waals surface area contributed by atoms with E-state index in [4.69, 9.17) is 11.6 Å². The van der Waals surface area contributed by atoms with E-state index in [-0.39, 0.29) is 5.91 Å². The molecule has 1 saturated carbocycles. The lowest BCUT2D eigenvalue weighted by atomic mass is 10.2. The number of hydrogen-bond donors (Lipinski definition) is 3. The highest BCUT2D eigenvalue weighted by Gasteiger charge is 2.33. The summed E-state index contributed by atoms with van der Waals surface area (Å²) in [4.78, 5) is 16.1. The molecule has 0 aromatic heterocycles. The molecule has 2 rings (SSSR count). The van der Waals surface area contributed by atoms with Crippen LogP contribution in [0.4, 0.5) is 5.69 Å². The molecule has 1 aliphatic carbocycles. The fraction of sp³-hybridized carbons (Fsp3) is 0.500. The normalized spacial score (nSPS) is 20.5. The van der Waals surface area contributed by atoms with Crippen molar-refractivity contribution in [1.82, 2.24) is 10.6 Å². The molecule has 1 fully saturated rings. The molecule has 3 N–H and O–H groups in total. The molecule has 22 heavy (non-hydrogen) atoms. The van der Waals surface area contributed by atoms with Crippen LogP contribution in [-0.4, -0.2) is 31.5 Å². The van der Waals surface area contributed by atoms with Gasteiger partial charge in [-0.05, 0) is 37.0 Å². The Balaban J connectivity index is 1.74. The van der Waals surface area contributed by atoms with Gasteiger partial charge >= 0.3 is 0 Å². The summed E-state index contributed by atoms with van der Waals surface area (Å²) >= 11 is 6.04. The maximum atomic E-state index is 12.0. The van der Waals surface area contributed by atoms with Gasteiger partial charge in [0.05, 0.1) is 0 Å². The van der Waals surface area contributed by atoms with E-state index in [2.05, 4.69) is 27.9 Å². The Kier molecular flexibility index (Phi) is 5.66. The van der Waals surface area contributed by atoms with Crippen molar-refractivity contribution in [3.63, 3.8) is 0 Å². The van der Waals surface area contributed by atoms with Crippen LogP contribution in [0.5, 0.6) is 0 Å². The Hall–Kier alpha value is -1.75. The van der Waals surface area contributed by atoms with Crippen LogP contribution in [0.25, 0.3) is 0 Å². The van der Waals surface area contributed by atoms with Crippen molar-refractivity contribution in [3.8, 4) is 0 Å². The van der Waals surface area contributed by atoms with Crippen molar-refractivity contribution in [2.45, 2.75) is 32.7 Å². The molecule has 0 bridgehead atoms. The molecular formula is C16H23ClN4O. The van der Waals surface area contributed by atoms with E-state index in [9.17, 15) is 4.79 Å². The first-order valence-electron chi connectivity index (χ1n) is 7.53. The van der Waals surface area contributed by atoms with Gasteiger partial charge in [-0.3, -0.25) is 9.79 Å². The highest BCUT2D eigenvalue weighted by atomic mass is 35.5. The zero-order valence-electron chi connectivity index (χ0n) is 13.2. The van der Waals surface area contributed by atoms with Crippen LogP contribution >= 0.6 is 11.6 Å². The first kappa shape index (κ1) is 16.6. The number of nitrogens with one attached hydrogen (secondary N) is 3. The summed E-state index contributed by atoms with van der Waals surface area (Å²) in [5.41, 5.74) is 1.64. The third kappa shape index (κ3) is 4.63. The first-order chi connectivity index (χ1) is 10.5. The number of rotatable bonds is 5. The van der Waals surface area contributed by atoms with Crippen LogP contribution in [0.3, 0.4) is 0 Å². The van der Waals surface area contributed by atoms with Crippen molar-refractivity contribution in [2.24, 2.45) is 10.9 Å². The van der Waals surface area contributed by atoms with E-state index in [0.29, 0.717) is 29.9 Å². The molecule has 2 unspecified atom stereocenters. The number of aliphatic imine (C=N–C) groups is 1. The standard InChI is InChI=1S/C16H23ClN4O/c1-10-9-14(10)21-16(18-3)19-8-7-15(22)20-13-6-4-5-12(17)11(13)2/h4-6,10,14H,7-9H2,1-3H3,(H,20,22)(H2,18,19,21). The van der Waals surface area contributed by atoms with Gasteiger partial charge in [-0.2, -0.15) is 0 Å². The van der Waals surface area contributed by atoms with Gasteiger partial charge < -0.3 is 16.0 Å². The molecule has 1 amide bonds. The van der Waals surface area contributed by atoms with Crippen LogP contribution in [0.15, 0.2) is 23.2 Å². The van der Waals surface area contributed by atoms with Gasteiger partial charge in [0.15, 0.2) is 5.96 Å². The second kappa shape index (κ2) is 7.49. The second-order valence-corrected chi connectivity index (χ2v) is 6.08. The van der Waals surface area contributed by atoms with E-state index in [1.165, 1.54) is 6.42 Å². The molecule has 6 heteroatoms. The predicted octanol–water partition coefficient (Wildman–Crippen LogP) is 2.55. The van der Waals surface area contributed by atoms with Crippen molar-refractivity contribution >= 4 is 29.2 Å². The van der Waals surface area contributed by atoms with Crippen molar-refractivity contribution < 1.29 is 4.79 Å². The number of amides is 1. The quantitative estimate of drug-likeness (QED) is 0.576. The minimum atomic E-state index is -0.0480. The van der Waals surface area contributed by atoms with E-state index < -0.39 is 0 Å². The number of carbonyl (C=O) groups is 1. The van der Waals surface area contributed by atoms with Crippen molar-refractivity contribution in [3.05, 3.63) is 28.8 Å². The number of hydrogen-bond acceptors (Lipinski definition) is 2. The van der Waals surface area contributed by atoms with E-state index in [0.717, 1.165) is 17.2 Å². The van der Waals surface area contributed by atoms with E-state index in [1.54, 1.807) is 7.05 Å². The summed E-state index contributed by atoms with van der Waals surface area (Å²) < 4.78 is 0. The summed E-state index contributed by atoms with van der Waals surface area (Å²) in [7, 11) is 1.73. The number of guanidine groups is 1. The average Bonchev–Trinajstić information content (AvgIpc) is 3.18. The zero-order chi connectivity index (χ0) is 16.1. The lowest BCUT2D eigenvalue weighted by Gasteiger charge is -2.12. The summed E-state index contributed by atoms with van der Waals surface area (Å²) in [6.45, 7) is 4.62. The summed E-state index contributed by atoms with van der Waals surface area (Å²) in [6, 6.07) is 5.99. The zero-order valence-corrected chi connectivity index (χ0v) is 14.0. The molecule has 0 aliphatic heterocycles. The molecule has 0 saturated heterocycles. The topological polar surface area (TPSA) is 65.5 Å². The lowest BCUT2D eigenvalue weighted by molar-refractivity contribution is -0.116. The molecule has 0 heterocycles. The largest absolute Gasteiger partial charge is 0.356 e. The minimum Gasteiger partial charge on any atom is -0.356 e. The third-order valence-corrected chi connectivity index (χ3v) is 4.25. The molecule has 1 aromatic carbocycles. The number of carbonyl (C=O) groups excluding carboxylic acids is 1. The van der Waals surface area contributed by atoms with Crippen LogP contribution in [0, 0.1) is 12.8 Å². The molecular weight excluding hydrogens is 300 g/mol. The molecule has 5 nitrogen and oxygen atoms in total. The lowest BCUT2D eigenvalue weighted by Crippen LogP contribution is -2.40. The number of benzene rings is 1. The van der Waals surface area contributed by atoms with Crippen molar-refractivity contribution in [1.29, 1.82) is 0 Å². The maximum Gasteiger partial charge on any atom is 0.226 e. The Morgan fingerprint density at radius 2 is 2.18 bits per heavy atom. The Morgan fingerprint density at radius 3 is 2.82 bits per heavy atom. The fourth-order valence-corrected chi connectivity index (χ4v) is 2.32. The van der Waals surface area contributed by atoms with E-state index in [1.807, 2.05) is 25.1 Å². The average molecular weight is 323 g/mol. The first-order valence-corrected chi connectivity index (χ1v) is 7.91. The molecule has 120 valence electrons. The Labute approximate surface area is 136 Å². The van der Waals surface area contributed by atoms with Crippen LogP contribution < -0.4 is 16.0 Å². The monoisotopic (exact) mass is 322 g/mol. The fourth-order valence-electron chi connectivity index (χ4n) is 2.14. The van der Waals surface area contributed by atoms with Gasteiger partial charge in [0.2, 0.25) is 5.91 Å². The van der Waals surface area contributed by atoms with Gasteiger partial charge in [0, 0.05) is 36.8 Å². The minimum absolute atomic E-state index is 0.0480. The van der Waals surface area contributed by atoms with Gasteiger partial charge in [-0.15, -0.1) is 0 Å². The molecule has 1 aromatic rings. The SMILES string of the molecule is CN=C(NCCC(=O)Nc1cccc(Cl)c1C)NC1CC1C. The Bertz CT molecular complexity index is 573. The number of halogens is 1. The number of nitrogens with zero attached hydrogens (tertiary/aromatic N) is 1. The van der Waals surface area contributed by atoms with Crippen molar-refractivity contribution in [2.75, 3.05) is 18.9 Å². The Morgan fingerprint density at radius 1 is 1.45 bits per heavy atom. The van der Waals surface area contributed by atoms with Gasteiger partial charge in [0.25, 0.3) is 0 Å². The third-order valence-electron chi connectivity index (χ3n) is 3.84. The van der Waals surface area contributed by atoms with Crippen LogP contribution in [0.2, 0.25) is 5.02 Å². The smallest absolute Gasteiger partial charge is 0.226 e. The number of anilines is 1. The molecule has 0 spiro atoms. The molecule has 1 aliphatic rings. The van der Waals surface area contributed by atoms with Crippen LogP contribution in [-0.2, 0) is 4.79 Å². The maximum absolute atomic E-state index is 12.0. The summed E-state index contributed by atoms with van der Waals surface area (Å²) in [5.74, 6) is 1.40.